The first kappa shape index (κ1) is 16.3. The van der Waals surface area contributed by atoms with Crippen molar-refractivity contribution in [2.24, 2.45) is 11.7 Å². The fourth-order valence-electron chi connectivity index (χ4n) is 3.28. The van der Waals surface area contributed by atoms with Crippen LogP contribution in [-0.4, -0.2) is 27.0 Å². The monoisotopic (exact) mass is 311 g/mol. The molecular weight excluding hydrogens is 286 g/mol. The second-order valence-electron chi connectivity index (χ2n) is 6.13. The van der Waals surface area contributed by atoms with E-state index in [4.69, 9.17) is 10.5 Å². The maximum atomic E-state index is 11.8. The molecule has 2 rings (SSSR count). The number of methoxy groups -OCH3 is 1. The Morgan fingerprint density at radius 1 is 1.33 bits per heavy atom. The van der Waals surface area contributed by atoms with E-state index >= 15 is 0 Å². The molecule has 1 aliphatic rings. The van der Waals surface area contributed by atoms with Crippen LogP contribution in [0, 0.1) is 12.8 Å². The fraction of sp³-hybridized carbons (Fsp3) is 0.625. The minimum atomic E-state index is -2.97. The lowest BCUT2D eigenvalue weighted by Crippen LogP contribution is -2.33. The Hall–Kier alpha value is -1.07. The normalized spacial score (nSPS) is 24.6. The van der Waals surface area contributed by atoms with Gasteiger partial charge in [0.2, 0.25) is 0 Å². The number of nitrogens with two attached hydrogens (primary N) is 1. The van der Waals surface area contributed by atoms with E-state index in [1.165, 1.54) is 6.26 Å². The van der Waals surface area contributed by atoms with Crippen molar-refractivity contribution in [1.82, 2.24) is 0 Å². The lowest BCUT2D eigenvalue weighted by molar-refractivity contribution is 0.308. The van der Waals surface area contributed by atoms with Gasteiger partial charge in [-0.1, -0.05) is 18.6 Å². The van der Waals surface area contributed by atoms with Gasteiger partial charge in [-0.2, -0.15) is 0 Å². The molecule has 3 atom stereocenters. The van der Waals surface area contributed by atoms with Gasteiger partial charge in [-0.05, 0) is 49.3 Å². The third kappa shape index (κ3) is 3.77. The molecule has 0 saturated heterocycles. The van der Waals surface area contributed by atoms with Crippen molar-refractivity contribution in [2.45, 2.75) is 43.9 Å². The number of rotatable bonds is 4. The van der Waals surface area contributed by atoms with Crippen molar-refractivity contribution < 1.29 is 13.2 Å². The Balaban J connectivity index is 2.16. The molecule has 0 radical (unpaired) electrons. The molecule has 1 saturated carbocycles. The van der Waals surface area contributed by atoms with E-state index in [1.807, 2.05) is 25.1 Å². The number of aryl methyl sites for hydroxylation is 1. The van der Waals surface area contributed by atoms with E-state index in [0.717, 1.165) is 36.1 Å². The van der Waals surface area contributed by atoms with Gasteiger partial charge < -0.3 is 10.5 Å². The quantitative estimate of drug-likeness (QED) is 0.928. The van der Waals surface area contributed by atoms with Crippen LogP contribution in [0.1, 0.15) is 42.9 Å². The predicted octanol–water partition coefficient (Wildman–Crippen LogP) is 2.61. The molecule has 0 spiro atoms. The summed E-state index contributed by atoms with van der Waals surface area (Å²) in [5, 5.41) is -0.235. The summed E-state index contributed by atoms with van der Waals surface area (Å²) in [6.45, 7) is 2.00. The minimum absolute atomic E-state index is 0.112. The fourth-order valence-corrected chi connectivity index (χ4v) is 4.47. The maximum absolute atomic E-state index is 11.8. The molecule has 0 amide bonds. The van der Waals surface area contributed by atoms with Crippen molar-refractivity contribution in [2.75, 3.05) is 13.4 Å². The zero-order valence-electron chi connectivity index (χ0n) is 13.0. The van der Waals surface area contributed by atoms with E-state index in [-0.39, 0.29) is 17.2 Å². The van der Waals surface area contributed by atoms with E-state index in [2.05, 4.69) is 0 Å². The van der Waals surface area contributed by atoms with Crippen LogP contribution in [-0.2, 0) is 9.84 Å². The molecule has 2 N–H and O–H groups in total. The zero-order chi connectivity index (χ0) is 15.6. The molecule has 3 unspecified atom stereocenters. The number of hydrogen-bond donors (Lipinski definition) is 1. The van der Waals surface area contributed by atoms with Gasteiger partial charge in [-0.25, -0.2) is 8.42 Å². The SMILES string of the molecule is COc1ccc(C(N)C2CCCC(S(C)(=O)=O)C2)cc1C. The van der Waals surface area contributed by atoms with E-state index in [1.54, 1.807) is 7.11 Å². The minimum Gasteiger partial charge on any atom is -0.496 e. The number of ether oxygens (including phenoxy) is 1. The molecule has 1 aliphatic carbocycles. The molecule has 21 heavy (non-hydrogen) atoms. The summed E-state index contributed by atoms with van der Waals surface area (Å²) in [6.07, 6.45) is 4.71. The summed E-state index contributed by atoms with van der Waals surface area (Å²) in [6, 6.07) is 5.86. The van der Waals surface area contributed by atoms with Gasteiger partial charge in [0.25, 0.3) is 0 Å². The Morgan fingerprint density at radius 3 is 2.62 bits per heavy atom. The Kier molecular flexibility index (Phi) is 4.94. The van der Waals surface area contributed by atoms with Crippen molar-refractivity contribution in [3.63, 3.8) is 0 Å². The smallest absolute Gasteiger partial charge is 0.150 e. The van der Waals surface area contributed by atoms with Gasteiger partial charge in [-0.3, -0.25) is 0 Å². The third-order valence-corrected chi connectivity index (χ3v) is 6.22. The highest BCUT2D eigenvalue weighted by molar-refractivity contribution is 7.91. The van der Waals surface area contributed by atoms with Crippen molar-refractivity contribution in [1.29, 1.82) is 0 Å². The van der Waals surface area contributed by atoms with Gasteiger partial charge >= 0.3 is 0 Å². The number of hydrogen-bond acceptors (Lipinski definition) is 4. The summed E-state index contributed by atoms with van der Waals surface area (Å²) in [5.41, 5.74) is 8.52. The summed E-state index contributed by atoms with van der Waals surface area (Å²) >= 11 is 0. The molecule has 4 nitrogen and oxygen atoms in total. The highest BCUT2D eigenvalue weighted by Gasteiger charge is 2.32. The molecule has 118 valence electrons. The molecule has 5 heteroatoms. The molecule has 0 aromatic heterocycles. The summed E-state index contributed by atoms with van der Waals surface area (Å²) in [5.74, 6) is 1.08. The molecule has 0 bridgehead atoms. The van der Waals surface area contributed by atoms with Crippen LogP contribution in [0.3, 0.4) is 0 Å². The summed E-state index contributed by atoms with van der Waals surface area (Å²) in [4.78, 5) is 0. The zero-order valence-corrected chi connectivity index (χ0v) is 13.8. The first-order valence-electron chi connectivity index (χ1n) is 7.42. The first-order valence-corrected chi connectivity index (χ1v) is 9.37. The Bertz CT molecular complexity index is 598. The molecule has 1 fully saturated rings. The van der Waals surface area contributed by atoms with E-state index in [0.29, 0.717) is 6.42 Å². The van der Waals surface area contributed by atoms with Gasteiger partial charge in [-0.15, -0.1) is 0 Å². The van der Waals surface area contributed by atoms with Crippen LogP contribution < -0.4 is 10.5 Å². The van der Waals surface area contributed by atoms with Crippen LogP contribution in [0.4, 0.5) is 0 Å². The van der Waals surface area contributed by atoms with Crippen LogP contribution in [0.5, 0.6) is 5.75 Å². The van der Waals surface area contributed by atoms with Gasteiger partial charge in [0.15, 0.2) is 0 Å². The van der Waals surface area contributed by atoms with Gasteiger partial charge in [0.1, 0.15) is 15.6 Å². The van der Waals surface area contributed by atoms with Gasteiger partial charge in [0.05, 0.1) is 12.4 Å². The highest BCUT2D eigenvalue weighted by Crippen LogP contribution is 2.36. The standard InChI is InChI=1S/C16H25NO3S/c1-11-9-13(7-8-15(11)20-2)16(17)12-5-4-6-14(10-12)21(3,18)19/h7-9,12,14,16H,4-6,10,17H2,1-3H3. The Labute approximate surface area is 127 Å². The van der Waals surface area contributed by atoms with Crippen molar-refractivity contribution >= 4 is 9.84 Å². The largest absolute Gasteiger partial charge is 0.496 e. The van der Waals surface area contributed by atoms with E-state index in [9.17, 15) is 8.42 Å². The number of sulfone groups is 1. The van der Waals surface area contributed by atoms with Crippen LogP contribution in [0.2, 0.25) is 0 Å². The molecule has 0 aliphatic heterocycles. The van der Waals surface area contributed by atoms with Crippen LogP contribution in [0.15, 0.2) is 18.2 Å². The van der Waals surface area contributed by atoms with Crippen molar-refractivity contribution in [3.05, 3.63) is 29.3 Å². The summed E-state index contributed by atoms with van der Waals surface area (Å²) in [7, 11) is -1.32. The van der Waals surface area contributed by atoms with E-state index < -0.39 is 9.84 Å². The predicted molar refractivity (Wildman–Crippen MR) is 85.2 cm³/mol. The Morgan fingerprint density at radius 2 is 2.05 bits per heavy atom. The molecule has 0 heterocycles. The summed E-state index contributed by atoms with van der Waals surface area (Å²) < 4.78 is 28.8. The lowest BCUT2D eigenvalue weighted by Gasteiger charge is -2.32. The third-order valence-electron chi connectivity index (χ3n) is 4.58. The van der Waals surface area contributed by atoms with Crippen molar-refractivity contribution in [3.8, 4) is 5.75 Å². The average molecular weight is 311 g/mol. The lowest BCUT2D eigenvalue weighted by atomic mass is 9.81. The van der Waals surface area contributed by atoms with Gasteiger partial charge in [0, 0.05) is 12.3 Å². The molecule has 1 aromatic rings. The second kappa shape index (κ2) is 6.36. The van der Waals surface area contributed by atoms with Crippen LogP contribution >= 0.6 is 0 Å². The second-order valence-corrected chi connectivity index (χ2v) is 8.46. The van der Waals surface area contributed by atoms with Crippen LogP contribution in [0.25, 0.3) is 0 Å². The molecular formula is C16H25NO3S. The molecule has 1 aromatic carbocycles. The highest BCUT2D eigenvalue weighted by atomic mass is 32.2. The average Bonchev–Trinajstić information content (AvgIpc) is 2.45. The maximum Gasteiger partial charge on any atom is 0.150 e. The number of benzene rings is 1. The first-order chi connectivity index (χ1) is 9.82. The topological polar surface area (TPSA) is 69.4 Å².